The van der Waals surface area contributed by atoms with E-state index < -0.39 is 0 Å². The minimum absolute atomic E-state index is 0.0509. The van der Waals surface area contributed by atoms with Gasteiger partial charge in [0, 0.05) is 23.0 Å². The van der Waals surface area contributed by atoms with Crippen LogP contribution in [0.4, 0.5) is 0 Å². The van der Waals surface area contributed by atoms with Gasteiger partial charge in [0.15, 0.2) is 0 Å². The molecule has 2 aromatic rings. The van der Waals surface area contributed by atoms with Crippen LogP contribution in [0.15, 0.2) is 29.1 Å². The molecule has 21 heavy (non-hydrogen) atoms. The summed E-state index contributed by atoms with van der Waals surface area (Å²) in [5, 5.41) is 5.47. The molecule has 0 saturated carbocycles. The first-order valence-corrected chi connectivity index (χ1v) is 7.84. The van der Waals surface area contributed by atoms with Crippen LogP contribution in [0.5, 0.6) is 11.5 Å². The number of ether oxygens (including phenoxy) is 2. The molecule has 0 fully saturated rings. The Morgan fingerprint density at radius 1 is 1.29 bits per heavy atom. The summed E-state index contributed by atoms with van der Waals surface area (Å²) in [4.78, 5) is 4.23. The van der Waals surface area contributed by atoms with Gasteiger partial charge in [0.05, 0.1) is 18.3 Å². The molecule has 1 aromatic carbocycles. The van der Waals surface area contributed by atoms with Crippen LogP contribution >= 0.6 is 11.3 Å². The van der Waals surface area contributed by atoms with E-state index in [4.69, 9.17) is 9.47 Å². The van der Waals surface area contributed by atoms with Crippen LogP contribution in [0.25, 0.3) is 0 Å². The first kappa shape index (κ1) is 15.8. The Hall–Kier alpha value is -1.59. The number of benzene rings is 1. The Morgan fingerprint density at radius 2 is 2.10 bits per heavy atom. The second kappa shape index (κ2) is 6.91. The van der Waals surface area contributed by atoms with Crippen molar-refractivity contribution in [2.45, 2.75) is 39.5 Å². The van der Waals surface area contributed by atoms with E-state index in [2.05, 4.69) is 31.1 Å². The molecule has 0 aliphatic rings. The Balaban J connectivity index is 2.10. The summed E-state index contributed by atoms with van der Waals surface area (Å²) >= 11 is 1.58. The molecule has 4 nitrogen and oxygen atoms in total. The summed E-state index contributed by atoms with van der Waals surface area (Å²) in [5.74, 6) is 1.70. The van der Waals surface area contributed by atoms with E-state index in [1.54, 1.807) is 18.4 Å². The average molecular weight is 306 g/mol. The molecule has 1 N–H and O–H groups in total. The normalized spacial score (nSPS) is 11.4. The van der Waals surface area contributed by atoms with Gasteiger partial charge in [0.2, 0.25) is 0 Å². The second-order valence-corrected chi connectivity index (χ2v) is 6.56. The van der Waals surface area contributed by atoms with Crippen molar-refractivity contribution in [2.24, 2.45) is 0 Å². The highest BCUT2D eigenvalue weighted by Crippen LogP contribution is 2.25. The minimum Gasteiger partial charge on any atom is -0.497 e. The standard InChI is InChI=1S/C16H22N2O2S/c1-16(2,3)18-8-12-7-14(19-4)5-6-15(12)20-9-13-10-21-11-17-13/h5-7,10-11,18H,8-9H2,1-4H3. The van der Waals surface area contributed by atoms with Crippen LogP contribution in [0, 0.1) is 0 Å². The maximum Gasteiger partial charge on any atom is 0.131 e. The Bertz CT molecular complexity index is 562. The fourth-order valence-corrected chi connectivity index (χ4v) is 2.33. The van der Waals surface area contributed by atoms with Crippen molar-refractivity contribution in [3.63, 3.8) is 0 Å². The molecule has 1 heterocycles. The maximum atomic E-state index is 5.89. The summed E-state index contributed by atoms with van der Waals surface area (Å²) in [6.45, 7) is 7.64. The van der Waals surface area contributed by atoms with E-state index >= 15 is 0 Å². The first-order chi connectivity index (χ1) is 9.98. The molecule has 0 saturated heterocycles. The van der Waals surface area contributed by atoms with E-state index in [9.17, 15) is 0 Å². The van der Waals surface area contributed by atoms with Gasteiger partial charge < -0.3 is 14.8 Å². The van der Waals surface area contributed by atoms with Crippen LogP contribution in [0.3, 0.4) is 0 Å². The highest BCUT2D eigenvalue weighted by Gasteiger charge is 2.12. The summed E-state index contributed by atoms with van der Waals surface area (Å²) in [6.07, 6.45) is 0. The summed E-state index contributed by atoms with van der Waals surface area (Å²) in [5.41, 5.74) is 3.90. The number of methoxy groups -OCH3 is 1. The highest BCUT2D eigenvalue weighted by atomic mass is 32.1. The smallest absolute Gasteiger partial charge is 0.131 e. The van der Waals surface area contributed by atoms with Crippen molar-refractivity contribution < 1.29 is 9.47 Å². The van der Waals surface area contributed by atoms with E-state index in [0.717, 1.165) is 29.3 Å². The zero-order valence-electron chi connectivity index (χ0n) is 13.0. The third-order valence-corrected chi connectivity index (χ3v) is 3.57. The summed E-state index contributed by atoms with van der Waals surface area (Å²) in [7, 11) is 1.67. The van der Waals surface area contributed by atoms with Crippen LogP contribution in [-0.4, -0.2) is 17.6 Å². The number of hydrogen-bond acceptors (Lipinski definition) is 5. The van der Waals surface area contributed by atoms with E-state index in [0.29, 0.717) is 6.61 Å². The molecule has 0 aliphatic carbocycles. The molecule has 0 spiro atoms. The number of rotatable bonds is 6. The first-order valence-electron chi connectivity index (χ1n) is 6.90. The molecule has 2 rings (SSSR count). The van der Waals surface area contributed by atoms with Crippen LogP contribution in [-0.2, 0) is 13.2 Å². The zero-order chi connectivity index (χ0) is 15.3. The number of aromatic nitrogens is 1. The van der Waals surface area contributed by atoms with Gasteiger partial charge in [-0.05, 0) is 39.0 Å². The summed E-state index contributed by atoms with van der Waals surface area (Å²) < 4.78 is 11.2. The van der Waals surface area contributed by atoms with Crippen molar-refractivity contribution in [2.75, 3.05) is 7.11 Å². The molecule has 0 amide bonds. The van der Waals surface area contributed by atoms with Gasteiger partial charge in [-0.1, -0.05) is 0 Å². The van der Waals surface area contributed by atoms with Gasteiger partial charge in [-0.15, -0.1) is 11.3 Å². The van der Waals surface area contributed by atoms with Crippen LogP contribution in [0.2, 0.25) is 0 Å². The molecule has 0 radical (unpaired) electrons. The molecular weight excluding hydrogens is 284 g/mol. The monoisotopic (exact) mass is 306 g/mol. The number of thiazole rings is 1. The minimum atomic E-state index is 0.0509. The predicted octanol–water partition coefficient (Wildman–Crippen LogP) is 3.62. The fraction of sp³-hybridized carbons (Fsp3) is 0.438. The van der Waals surface area contributed by atoms with Crippen LogP contribution < -0.4 is 14.8 Å². The zero-order valence-corrected chi connectivity index (χ0v) is 13.8. The fourth-order valence-electron chi connectivity index (χ4n) is 1.78. The van der Waals surface area contributed by atoms with Crippen molar-refractivity contribution >= 4 is 11.3 Å². The molecule has 0 bridgehead atoms. The summed E-state index contributed by atoms with van der Waals surface area (Å²) in [6, 6.07) is 5.87. The molecule has 0 aliphatic heterocycles. The molecular formula is C16H22N2O2S. The van der Waals surface area contributed by atoms with Gasteiger partial charge in [-0.3, -0.25) is 0 Å². The molecule has 0 atom stereocenters. The lowest BCUT2D eigenvalue weighted by Crippen LogP contribution is -2.35. The predicted molar refractivity (Wildman–Crippen MR) is 86.0 cm³/mol. The molecule has 114 valence electrons. The Morgan fingerprint density at radius 3 is 2.71 bits per heavy atom. The van der Waals surface area contributed by atoms with Crippen molar-refractivity contribution in [1.29, 1.82) is 0 Å². The van der Waals surface area contributed by atoms with E-state index in [1.807, 2.05) is 29.1 Å². The average Bonchev–Trinajstić information content (AvgIpc) is 2.95. The van der Waals surface area contributed by atoms with Gasteiger partial charge in [-0.2, -0.15) is 0 Å². The SMILES string of the molecule is COc1ccc(OCc2cscn2)c(CNC(C)(C)C)c1. The van der Waals surface area contributed by atoms with Gasteiger partial charge in [0.25, 0.3) is 0 Å². The molecule has 5 heteroatoms. The number of hydrogen-bond donors (Lipinski definition) is 1. The number of nitrogens with zero attached hydrogens (tertiary/aromatic N) is 1. The Labute approximate surface area is 130 Å². The van der Waals surface area contributed by atoms with Gasteiger partial charge in [-0.25, -0.2) is 4.98 Å². The lowest BCUT2D eigenvalue weighted by Gasteiger charge is -2.22. The molecule has 0 unspecified atom stereocenters. The van der Waals surface area contributed by atoms with Crippen molar-refractivity contribution in [1.82, 2.24) is 10.3 Å². The lowest BCUT2D eigenvalue weighted by molar-refractivity contribution is 0.295. The highest BCUT2D eigenvalue weighted by molar-refractivity contribution is 7.07. The van der Waals surface area contributed by atoms with Gasteiger partial charge >= 0.3 is 0 Å². The van der Waals surface area contributed by atoms with E-state index in [-0.39, 0.29) is 5.54 Å². The Kier molecular flexibility index (Phi) is 5.20. The lowest BCUT2D eigenvalue weighted by atomic mass is 10.1. The molecule has 1 aromatic heterocycles. The van der Waals surface area contributed by atoms with Crippen molar-refractivity contribution in [3.05, 3.63) is 40.3 Å². The van der Waals surface area contributed by atoms with Crippen LogP contribution in [0.1, 0.15) is 32.0 Å². The largest absolute Gasteiger partial charge is 0.497 e. The van der Waals surface area contributed by atoms with Crippen molar-refractivity contribution in [3.8, 4) is 11.5 Å². The quantitative estimate of drug-likeness (QED) is 0.885. The van der Waals surface area contributed by atoms with Gasteiger partial charge in [0.1, 0.15) is 18.1 Å². The van der Waals surface area contributed by atoms with E-state index in [1.165, 1.54) is 0 Å². The third-order valence-electron chi connectivity index (χ3n) is 2.94. The topological polar surface area (TPSA) is 43.4 Å². The maximum absolute atomic E-state index is 5.89. The third kappa shape index (κ3) is 5.02. The number of nitrogens with one attached hydrogen (secondary N) is 1. The second-order valence-electron chi connectivity index (χ2n) is 5.85.